The number of nitrogens with zero attached hydrogens (tertiary/aromatic N) is 1. The van der Waals surface area contributed by atoms with Crippen molar-refractivity contribution in [2.24, 2.45) is 0 Å². The Morgan fingerprint density at radius 1 is 0.871 bits per heavy atom. The third-order valence-corrected chi connectivity index (χ3v) is 4.80. The average Bonchev–Trinajstić information content (AvgIpc) is 2.79. The summed E-state index contributed by atoms with van der Waals surface area (Å²) in [5.41, 5.74) is 4.09. The van der Waals surface area contributed by atoms with Crippen LogP contribution in [0.15, 0.2) is 78.9 Å². The molecule has 1 N–H and O–H groups in total. The molecule has 0 bridgehead atoms. The monoisotopic (exact) mass is 416 g/mol. The highest BCUT2D eigenvalue weighted by Gasteiger charge is 2.05. The lowest BCUT2D eigenvalue weighted by Gasteiger charge is -2.17. The number of carbonyl (C=O) groups is 1. The molecule has 0 fully saturated rings. The van der Waals surface area contributed by atoms with Gasteiger partial charge in [-0.1, -0.05) is 48.5 Å². The molecule has 160 valence electrons. The Bertz CT molecular complexity index is 1010. The molecule has 0 saturated carbocycles. The quantitative estimate of drug-likeness (QED) is 0.500. The van der Waals surface area contributed by atoms with Crippen molar-refractivity contribution < 1.29 is 14.3 Å². The Kier molecular flexibility index (Phi) is 7.85. The van der Waals surface area contributed by atoms with Crippen LogP contribution in [0.5, 0.6) is 11.5 Å². The van der Waals surface area contributed by atoms with E-state index in [-0.39, 0.29) is 5.91 Å². The van der Waals surface area contributed by atoms with Crippen LogP contribution in [0.4, 0.5) is 5.69 Å². The van der Waals surface area contributed by atoms with Gasteiger partial charge in [0.15, 0.2) is 11.5 Å². The molecule has 31 heavy (non-hydrogen) atoms. The van der Waals surface area contributed by atoms with E-state index in [2.05, 4.69) is 41.5 Å². The van der Waals surface area contributed by atoms with E-state index in [4.69, 9.17) is 9.47 Å². The maximum Gasteiger partial charge on any atom is 0.248 e. The number of methoxy groups -OCH3 is 2. The van der Waals surface area contributed by atoms with E-state index in [0.717, 1.165) is 24.3 Å². The van der Waals surface area contributed by atoms with Crippen molar-refractivity contribution in [2.45, 2.75) is 13.1 Å². The third kappa shape index (κ3) is 6.73. The van der Waals surface area contributed by atoms with Crippen LogP contribution in [0, 0.1) is 0 Å². The van der Waals surface area contributed by atoms with Crippen LogP contribution >= 0.6 is 0 Å². The van der Waals surface area contributed by atoms with E-state index in [9.17, 15) is 4.79 Å². The summed E-state index contributed by atoms with van der Waals surface area (Å²) >= 11 is 0. The van der Waals surface area contributed by atoms with Gasteiger partial charge in [-0.15, -0.1) is 0 Å². The molecule has 1 amide bonds. The van der Waals surface area contributed by atoms with E-state index < -0.39 is 0 Å². The maximum absolute atomic E-state index is 12.3. The highest BCUT2D eigenvalue weighted by molar-refractivity contribution is 6.01. The molecule has 0 spiro atoms. The molecule has 0 heterocycles. The first-order chi connectivity index (χ1) is 15.1. The number of anilines is 1. The number of amides is 1. The van der Waals surface area contributed by atoms with Crippen LogP contribution in [0.2, 0.25) is 0 Å². The molecular formula is C26H28N2O3. The second-order valence-electron chi connectivity index (χ2n) is 7.29. The minimum absolute atomic E-state index is 0.191. The van der Waals surface area contributed by atoms with Crippen LogP contribution < -0.4 is 14.8 Å². The standard InChI is InChI=1S/C26H28N2O3/c1-28(18-21-7-5-4-6-8-21)19-22-9-13-23(14-10-22)27-26(29)16-12-20-11-15-24(30-2)25(17-20)31-3/h4-17H,18-19H2,1-3H3,(H,27,29)/b16-12+. The van der Waals surface area contributed by atoms with Gasteiger partial charge in [0.1, 0.15) is 0 Å². The summed E-state index contributed by atoms with van der Waals surface area (Å²) < 4.78 is 10.5. The summed E-state index contributed by atoms with van der Waals surface area (Å²) in [6, 6.07) is 23.8. The number of carbonyl (C=O) groups excluding carboxylic acids is 1. The third-order valence-electron chi connectivity index (χ3n) is 4.80. The van der Waals surface area contributed by atoms with Crippen LogP contribution in [-0.2, 0) is 17.9 Å². The molecule has 0 aliphatic heterocycles. The fraction of sp³-hybridized carbons (Fsp3) is 0.192. The highest BCUT2D eigenvalue weighted by atomic mass is 16.5. The Hall–Kier alpha value is -3.57. The van der Waals surface area contributed by atoms with Crippen LogP contribution in [0.1, 0.15) is 16.7 Å². The minimum Gasteiger partial charge on any atom is -0.493 e. The molecular weight excluding hydrogens is 388 g/mol. The zero-order chi connectivity index (χ0) is 22.1. The number of ether oxygens (including phenoxy) is 2. The van der Waals surface area contributed by atoms with Crippen molar-refractivity contribution in [2.75, 3.05) is 26.6 Å². The smallest absolute Gasteiger partial charge is 0.248 e. The summed E-state index contributed by atoms with van der Waals surface area (Å²) in [6.45, 7) is 1.72. The summed E-state index contributed by atoms with van der Waals surface area (Å²) in [4.78, 5) is 14.5. The molecule has 3 aromatic rings. The molecule has 0 radical (unpaired) electrons. The molecule has 0 aromatic heterocycles. The molecule has 0 saturated heterocycles. The van der Waals surface area contributed by atoms with Gasteiger partial charge in [0.05, 0.1) is 14.2 Å². The predicted molar refractivity (Wildman–Crippen MR) is 125 cm³/mol. The topological polar surface area (TPSA) is 50.8 Å². The van der Waals surface area contributed by atoms with Crippen molar-refractivity contribution in [3.63, 3.8) is 0 Å². The Balaban J connectivity index is 1.53. The van der Waals surface area contributed by atoms with Gasteiger partial charge in [0, 0.05) is 24.9 Å². The first kappa shape index (κ1) is 22.1. The van der Waals surface area contributed by atoms with Crippen LogP contribution in [-0.4, -0.2) is 32.1 Å². The molecule has 3 rings (SSSR count). The zero-order valence-corrected chi connectivity index (χ0v) is 18.2. The van der Waals surface area contributed by atoms with Gasteiger partial charge in [-0.25, -0.2) is 0 Å². The van der Waals surface area contributed by atoms with E-state index in [1.54, 1.807) is 20.3 Å². The number of hydrogen-bond donors (Lipinski definition) is 1. The highest BCUT2D eigenvalue weighted by Crippen LogP contribution is 2.28. The van der Waals surface area contributed by atoms with Crippen molar-refractivity contribution >= 4 is 17.7 Å². The second kappa shape index (κ2) is 11.0. The number of rotatable bonds is 9. The van der Waals surface area contributed by atoms with E-state index in [0.29, 0.717) is 11.5 Å². The number of nitrogens with one attached hydrogen (secondary N) is 1. The largest absolute Gasteiger partial charge is 0.493 e. The average molecular weight is 417 g/mol. The Morgan fingerprint density at radius 3 is 2.16 bits per heavy atom. The molecule has 0 aliphatic carbocycles. The predicted octanol–water partition coefficient (Wildman–Crippen LogP) is 4.99. The Labute approximate surface area is 183 Å². The molecule has 3 aromatic carbocycles. The summed E-state index contributed by atoms with van der Waals surface area (Å²) in [6.07, 6.45) is 3.24. The van der Waals surface area contributed by atoms with Gasteiger partial charge in [-0.2, -0.15) is 0 Å². The molecule has 5 heteroatoms. The molecule has 5 nitrogen and oxygen atoms in total. The van der Waals surface area contributed by atoms with Gasteiger partial charge < -0.3 is 14.8 Å². The molecule has 0 aliphatic rings. The summed E-state index contributed by atoms with van der Waals surface area (Å²) in [5, 5.41) is 2.89. The van der Waals surface area contributed by atoms with E-state index >= 15 is 0 Å². The normalized spacial score (nSPS) is 11.0. The second-order valence-corrected chi connectivity index (χ2v) is 7.29. The van der Waals surface area contributed by atoms with Crippen molar-refractivity contribution in [1.29, 1.82) is 0 Å². The van der Waals surface area contributed by atoms with Crippen LogP contribution in [0.25, 0.3) is 6.08 Å². The lowest BCUT2D eigenvalue weighted by atomic mass is 10.1. The van der Waals surface area contributed by atoms with Gasteiger partial charge in [0.2, 0.25) is 5.91 Å². The first-order valence-corrected chi connectivity index (χ1v) is 10.1. The summed E-state index contributed by atoms with van der Waals surface area (Å²) in [5.74, 6) is 1.08. The van der Waals surface area contributed by atoms with Gasteiger partial charge >= 0.3 is 0 Å². The molecule has 0 unspecified atom stereocenters. The Morgan fingerprint density at radius 2 is 1.52 bits per heavy atom. The minimum atomic E-state index is -0.191. The number of benzene rings is 3. The van der Waals surface area contributed by atoms with Crippen molar-refractivity contribution in [1.82, 2.24) is 4.90 Å². The summed E-state index contributed by atoms with van der Waals surface area (Å²) in [7, 11) is 5.27. The van der Waals surface area contributed by atoms with Crippen LogP contribution in [0.3, 0.4) is 0 Å². The fourth-order valence-corrected chi connectivity index (χ4v) is 3.27. The van der Waals surface area contributed by atoms with Gasteiger partial charge in [0.25, 0.3) is 0 Å². The van der Waals surface area contributed by atoms with E-state index in [1.807, 2.05) is 48.5 Å². The van der Waals surface area contributed by atoms with Gasteiger partial charge in [-0.3, -0.25) is 9.69 Å². The SMILES string of the molecule is COc1ccc(/C=C/C(=O)Nc2ccc(CN(C)Cc3ccccc3)cc2)cc1OC. The lowest BCUT2D eigenvalue weighted by molar-refractivity contribution is -0.111. The van der Waals surface area contributed by atoms with Crippen molar-refractivity contribution in [3.8, 4) is 11.5 Å². The maximum atomic E-state index is 12.3. The van der Waals surface area contributed by atoms with E-state index in [1.165, 1.54) is 17.2 Å². The lowest BCUT2D eigenvalue weighted by Crippen LogP contribution is -2.17. The van der Waals surface area contributed by atoms with Crippen molar-refractivity contribution in [3.05, 3.63) is 95.6 Å². The molecule has 0 atom stereocenters. The first-order valence-electron chi connectivity index (χ1n) is 10.1. The fourth-order valence-electron chi connectivity index (χ4n) is 3.27. The zero-order valence-electron chi connectivity index (χ0n) is 18.2. The number of hydrogen-bond acceptors (Lipinski definition) is 4. The van der Waals surface area contributed by atoms with Gasteiger partial charge in [-0.05, 0) is 54.1 Å².